The number of nitrogens with zero attached hydrogens (tertiary/aromatic N) is 2. The summed E-state index contributed by atoms with van der Waals surface area (Å²) in [6.07, 6.45) is 1.82. The zero-order valence-corrected chi connectivity index (χ0v) is 26.0. The molecule has 1 aliphatic heterocycles. The number of para-hydroxylation sites is 2. The Morgan fingerprint density at radius 3 is 2.13 bits per heavy atom. The van der Waals surface area contributed by atoms with E-state index in [1.54, 1.807) is 6.07 Å². The molecule has 0 unspecified atom stereocenters. The molecule has 0 saturated carbocycles. The maximum absolute atomic E-state index is 13.7. The van der Waals surface area contributed by atoms with Gasteiger partial charge in [-0.1, -0.05) is 60.7 Å². The third-order valence-electron chi connectivity index (χ3n) is 7.94. The van der Waals surface area contributed by atoms with Crippen molar-refractivity contribution in [2.24, 2.45) is 0 Å². The summed E-state index contributed by atoms with van der Waals surface area (Å²) < 4.78 is 26.4. The van der Waals surface area contributed by atoms with Crippen LogP contribution in [-0.2, 0) is 26.5 Å². The van der Waals surface area contributed by atoms with Gasteiger partial charge in [0.15, 0.2) is 0 Å². The van der Waals surface area contributed by atoms with Gasteiger partial charge in [-0.3, -0.25) is 9.97 Å². The van der Waals surface area contributed by atoms with Crippen LogP contribution in [-0.4, -0.2) is 9.97 Å². The van der Waals surface area contributed by atoms with Crippen molar-refractivity contribution in [3.63, 3.8) is 0 Å². The van der Waals surface area contributed by atoms with Crippen LogP contribution in [0, 0.1) is 17.9 Å². The summed E-state index contributed by atoms with van der Waals surface area (Å²) >= 11 is 0. The molecule has 5 aromatic carbocycles. The quantitative estimate of drug-likeness (QED) is 0.164. The minimum absolute atomic E-state index is 0. The SMILES string of the molecule is Fc1ccc2nc(-c3[c-]c(Oc4[c-]c(C5(c6ccccn6)c6ccccc6Oc6ccccc65)ccc4)ccc3)ccc2c1.[Pt+2]. The van der Waals surface area contributed by atoms with E-state index in [-0.39, 0.29) is 26.9 Å². The largest absolute Gasteiger partial charge is 2.00 e. The Balaban J connectivity index is 0.00000325. The molecule has 45 heavy (non-hydrogen) atoms. The fourth-order valence-corrected chi connectivity index (χ4v) is 6.03. The van der Waals surface area contributed by atoms with Crippen molar-refractivity contribution >= 4 is 10.9 Å². The van der Waals surface area contributed by atoms with Crippen LogP contribution in [0.3, 0.4) is 0 Å². The topological polar surface area (TPSA) is 44.2 Å². The standard InChI is InChI=1S/C39H23FN2O2.Pt/c40-29-19-21-35-27(23-29)18-20-34(42-35)26-9-7-11-30(24-26)43-31-12-8-10-28(25-31)39(38-17-5-6-22-41-38)32-13-1-3-15-36(32)44-37-16-4-2-14-33(37)39;/h1-23H;/q-2;+2. The third-order valence-corrected chi connectivity index (χ3v) is 7.94. The second-order valence-corrected chi connectivity index (χ2v) is 10.6. The molecule has 0 spiro atoms. The molecule has 0 aliphatic carbocycles. The average molecular weight is 766 g/mol. The number of hydrogen-bond donors (Lipinski definition) is 0. The Morgan fingerprint density at radius 1 is 0.667 bits per heavy atom. The van der Waals surface area contributed by atoms with E-state index in [4.69, 9.17) is 19.4 Å². The summed E-state index contributed by atoms with van der Waals surface area (Å²) in [5.41, 5.74) is 5.07. The maximum Gasteiger partial charge on any atom is 2.00 e. The molecule has 0 bridgehead atoms. The molecule has 0 amide bonds. The Morgan fingerprint density at radius 2 is 1.38 bits per heavy atom. The predicted octanol–water partition coefficient (Wildman–Crippen LogP) is 9.31. The van der Waals surface area contributed by atoms with Crippen LogP contribution in [0.1, 0.15) is 22.4 Å². The third kappa shape index (κ3) is 5.00. The van der Waals surface area contributed by atoms with Crippen LogP contribution in [0.15, 0.2) is 140 Å². The van der Waals surface area contributed by atoms with E-state index in [0.29, 0.717) is 17.0 Å². The van der Waals surface area contributed by atoms with E-state index >= 15 is 0 Å². The molecule has 1 aliphatic rings. The molecule has 6 heteroatoms. The number of pyridine rings is 2. The molecule has 2 aromatic heterocycles. The number of benzene rings is 5. The number of rotatable bonds is 5. The van der Waals surface area contributed by atoms with Gasteiger partial charge in [-0.25, -0.2) is 4.39 Å². The smallest absolute Gasteiger partial charge is 0.503 e. The van der Waals surface area contributed by atoms with E-state index in [2.05, 4.69) is 30.3 Å². The van der Waals surface area contributed by atoms with E-state index in [1.165, 1.54) is 12.1 Å². The Labute approximate surface area is 274 Å². The number of fused-ring (bicyclic) bond motifs is 3. The summed E-state index contributed by atoms with van der Waals surface area (Å²) in [6, 6.07) is 48.9. The van der Waals surface area contributed by atoms with Crippen LogP contribution in [0.4, 0.5) is 4.39 Å². The van der Waals surface area contributed by atoms with Gasteiger partial charge in [-0.15, -0.1) is 41.5 Å². The Hall–Kier alpha value is -5.12. The van der Waals surface area contributed by atoms with E-state index in [9.17, 15) is 4.39 Å². The molecular weight excluding hydrogens is 743 g/mol. The molecule has 0 fully saturated rings. The van der Waals surface area contributed by atoms with E-state index < -0.39 is 5.41 Å². The molecule has 0 N–H and O–H groups in total. The fourth-order valence-electron chi connectivity index (χ4n) is 6.03. The van der Waals surface area contributed by atoms with Crippen LogP contribution >= 0.6 is 0 Å². The summed E-state index contributed by atoms with van der Waals surface area (Å²) in [4.78, 5) is 9.60. The number of halogens is 1. The molecule has 4 nitrogen and oxygen atoms in total. The predicted molar refractivity (Wildman–Crippen MR) is 168 cm³/mol. The first-order valence-corrected chi connectivity index (χ1v) is 14.3. The fraction of sp³-hybridized carbons (Fsp3) is 0.0256. The molecular formula is C39H23FN2O2Pt. The maximum atomic E-state index is 13.7. The van der Waals surface area contributed by atoms with Crippen LogP contribution < -0.4 is 9.47 Å². The van der Waals surface area contributed by atoms with Gasteiger partial charge in [0.1, 0.15) is 17.3 Å². The summed E-state index contributed by atoms with van der Waals surface area (Å²) in [6.45, 7) is 0. The van der Waals surface area contributed by atoms with Gasteiger partial charge in [0, 0.05) is 34.2 Å². The summed E-state index contributed by atoms with van der Waals surface area (Å²) in [5, 5.41) is 0.741. The van der Waals surface area contributed by atoms with Crippen LogP contribution in [0.25, 0.3) is 22.2 Å². The van der Waals surface area contributed by atoms with Gasteiger partial charge in [-0.05, 0) is 48.2 Å². The Bertz CT molecular complexity index is 2120. The average Bonchev–Trinajstić information content (AvgIpc) is 3.07. The van der Waals surface area contributed by atoms with Crippen molar-refractivity contribution in [1.82, 2.24) is 9.97 Å². The van der Waals surface area contributed by atoms with Crippen molar-refractivity contribution < 1.29 is 34.9 Å². The van der Waals surface area contributed by atoms with Gasteiger partial charge in [0.2, 0.25) is 0 Å². The van der Waals surface area contributed by atoms with E-state index in [1.807, 2.05) is 103 Å². The zero-order chi connectivity index (χ0) is 29.5. The van der Waals surface area contributed by atoms with Crippen molar-refractivity contribution in [3.8, 4) is 34.3 Å². The first-order chi connectivity index (χ1) is 21.7. The summed E-state index contributed by atoms with van der Waals surface area (Å²) in [5.74, 6) is 2.31. The van der Waals surface area contributed by atoms with E-state index in [0.717, 1.165) is 50.5 Å². The summed E-state index contributed by atoms with van der Waals surface area (Å²) in [7, 11) is 0. The van der Waals surface area contributed by atoms with Crippen molar-refractivity contribution in [3.05, 3.63) is 180 Å². The molecule has 3 heterocycles. The monoisotopic (exact) mass is 765 g/mol. The van der Waals surface area contributed by atoms with Crippen LogP contribution in [0.5, 0.6) is 23.0 Å². The number of hydrogen-bond acceptors (Lipinski definition) is 4. The Kier molecular flexibility index (Phi) is 7.48. The molecule has 8 rings (SSSR count). The van der Waals surface area contributed by atoms with Gasteiger partial charge in [-0.2, -0.15) is 12.1 Å². The second kappa shape index (κ2) is 11.8. The molecule has 218 valence electrons. The first-order valence-electron chi connectivity index (χ1n) is 14.3. The minimum Gasteiger partial charge on any atom is -0.503 e. The number of aromatic nitrogens is 2. The van der Waals surface area contributed by atoms with Gasteiger partial charge in [0.25, 0.3) is 0 Å². The first kappa shape index (κ1) is 28.6. The molecule has 0 atom stereocenters. The van der Waals surface area contributed by atoms with Crippen molar-refractivity contribution in [2.75, 3.05) is 0 Å². The minimum atomic E-state index is -0.799. The van der Waals surface area contributed by atoms with Gasteiger partial charge in [0.05, 0.1) is 16.6 Å². The zero-order valence-electron chi connectivity index (χ0n) is 23.7. The molecule has 0 radical (unpaired) electrons. The van der Waals surface area contributed by atoms with Gasteiger partial charge < -0.3 is 9.47 Å². The molecule has 7 aromatic rings. The number of ether oxygens (including phenoxy) is 2. The molecule has 0 saturated heterocycles. The van der Waals surface area contributed by atoms with Crippen molar-refractivity contribution in [2.45, 2.75) is 5.41 Å². The van der Waals surface area contributed by atoms with Crippen molar-refractivity contribution in [1.29, 1.82) is 0 Å². The second-order valence-electron chi connectivity index (χ2n) is 10.6. The van der Waals surface area contributed by atoms with Crippen LogP contribution in [0.2, 0.25) is 0 Å². The van der Waals surface area contributed by atoms with Gasteiger partial charge >= 0.3 is 21.1 Å². The normalized spacial score (nSPS) is 12.7.